The number of thiophene rings is 1. The molecule has 2 aromatic heterocycles. The zero-order valence-electron chi connectivity index (χ0n) is 12.3. The molecule has 112 valence electrons. The van der Waals surface area contributed by atoms with Gasteiger partial charge in [0.2, 0.25) is 0 Å². The zero-order chi connectivity index (χ0) is 15.2. The van der Waals surface area contributed by atoms with Crippen molar-refractivity contribution in [1.82, 2.24) is 15.6 Å². The quantitative estimate of drug-likeness (QED) is 0.514. The highest BCUT2D eigenvalue weighted by atomic mass is 32.1. The van der Waals surface area contributed by atoms with Crippen LogP contribution in [-0.2, 0) is 6.54 Å². The lowest BCUT2D eigenvalue weighted by Gasteiger charge is -2.09. The van der Waals surface area contributed by atoms with E-state index in [9.17, 15) is 0 Å². The van der Waals surface area contributed by atoms with E-state index >= 15 is 0 Å². The summed E-state index contributed by atoms with van der Waals surface area (Å²) in [6.45, 7) is 0.832. The fraction of sp³-hybridized carbons (Fsp3) is 0.0556. The summed E-state index contributed by atoms with van der Waals surface area (Å²) in [4.78, 5) is 1.28. The molecule has 5 rings (SSSR count). The van der Waals surface area contributed by atoms with Crippen molar-refractivity contribution < 1.29 is 0 Å². The lowest BCUT2D eigenvalue weighted by molar-refractivity contribution is 0.860. The molecule has 0 amide bonds. The van der Waals surface area contributed by atoms with E-state index in [-0.39, 0.29) is 0 Å². The van der Waals surface area contributed by atoms with E-state index in [4.69, 9.17) is 0 Å². The van der Waals surface area contributed by atoms with Crippen LogP contribution in [0, 0.1) is 0 Å². The number of anilines is 1. The maximum Gasteiger partial charge on any atom is 0.0620 e. The molecule has 1 aliphatic heterocycles. The molecule has 4 aromatic rings. The van der Waals surface area contributed by atoms with Gasteiger partial charge < -0.3 is 5.43 Å². The number of benzene rings is 2. The van der Waals surface area contributed by atoms with Gasteiger partial charge in [0.1, 0.15) is 0 Å². The molecular formula is C18H14N4S. The van der Waals surface area contributed by atoms with E-state index in [0.717, 1.165) is 12.1 Å². The Bertz CT molecular complexity index is 968. The number of nitrogens with one attached hydrogen (secondary N) is 3. The van der Waals surface area contributed by atoms with Gasteiger partial charge in [0.05, 0.1) is 11.9 Å². The predicted molar refractivity (Wildman–Crippen MR) is 95.3 cm³/mol. The number of hydrogen-bond acceptors (Lipinski definition) is 4. The average Bonchev–Trinajstić information content (AvgIpc) is 3.31. The number of hydrogen-bond donors (Lipinski definition) is 3. The second-order valence-electron chi connectivity index (χ2n) is 5.67. The van der Waals surface area contributed by atoms with Crippen LogP contribution in [0.25, 0.3) is 31.7 Å². The van der Waals surface area contributed by atoms with E-state index < -0.39 is 0 Å². The lowest BCUT2D eigenvalue weighted by atomic mass is 9.99. The molecule has 0 saturated carbocycles. The first-order valence-corrected chi connectivity index (χ1v) is 8.34. The van der Waals surface area contributed by atoms with Crippen molar-refractivity contribution in [2.24, 2.45) is 0 Å². The zero-order valence-corrected chi connectivity index (χ0v) is 13.1. The smallest absolute Gasteiger partial charge is 0.0620 e. The summed E-state index contributed by atoms with van der Waals surface area (Å²) >= 11 is 1.83. The minimum absolute atomic E-state index is 0.832. The molecule has 2 aromatic carbocycles. The normalized spacial score (nSPS) is 13.2. The molecule has 0 spiro atoms. The van der Waals surface area contributed by atoms with Crippen LogP contribution in [0.5, 0.6) is 0 Å². The second kappa shape index (κ2) is 4.94. The predicted octanol–water partition coefficient (Wildman–Crippen LogP) is 4.39. The number of fused-ring (bicyclic) bond motifs is 2. The van der Waals surface area contributed by atoms with Gasteiger partial charge in [0, 0.05) is 33.4 Å². The first-order chi connectivity index (χ1) is 11.4. The van der Waals surface area contributed by atoms with Gasteiger partial charge in [-0.15, -0.1) is 11.3 Å². The van der Waals surface area contributed by atoms with Gasteiger partial charge in [-0.05, 0) is 40.8 Å². The molecule has 0 saturated heterocycles. The van der Waals surface area contributed by atoms with Crippen LogP contribution in [0.2, 0.25) is 0 Å². The number of aromatic amines is 1. The van der Waals surface area contributed by atoms with Crippen LogP contribution in [0.3, 0.4) is 0 Å². The molecule has 3 heterocycles. The topological polar surface area (TPSA) is 52.7 Å². The molecule has 0 unspecified atom stereocenters. The first-order valence-electron chi connectivity index (χ1n) is 7.52. The molecule has 23 heavy (non-hydrogen) atoms. The highest BCUT2D eigenvalue weighted by Crippen LogP contribution is 2.42. The van der Waals surface area contributed by atoms with Gasteiger partial charge >= 0.3 is 0 Å². The van der Waals surface area contributed by atoms with Crippen molar-refractivity contribution in [3.8, 4) is 21.6 Å². The third kappa shape index (κ3) is 2.05. The van der Waals surface area contributed by atoms with Crippen molar-refractivity contribution in [3.63, 3.8) is 0 Å². The third-order valence-electron chi connectivity index (χ3n) is 4.23. The largest absolute Gasteiger partial charge is 0.320 e. The third-order valence-corrected chi connectivity index (χ3v) is 5.38. The van der Waals surface area contributed by atoms with Crippen LogP contribution in [0.1, 0.15) is 5.56 Å². The Hall–Kier alpha value is -2.63. The SMILES string of the molecule is c1ccc2sc(-c3cc(-c4cn[nH]c4)cc4c3NNC4)cc2c1. The van der Waals surface area contributed by atoms with E-state index in [2.05, 4.69) is 63.5 Å². The number of H-pyrrole nitrogens is 1. The molecule has 5 heteroatoms. The molecule has 3 N–H and O–H groups in total. The number of rotatable bonds is 2. The van der Waals surface area contributed by atoms with Crippen molar-refractivity contribution in [2.45, 2.75) is 6.54 Å². The fourth-order valence-corrected chi connectivity index (χ4v) is 4.19. The monoisotopic (exact) mass is 318 g/mol. The Balaban J connectivity index is 1.75. The molecule has 0 fully saturated rings. The van der Waals surface area contributed by atoms with Crippen LogP contribution in [0.4, 0.5) is 5.69 Å². The highest BCUT2D eigenvalue weighted by molar-refractivity contribution is 7.22. The van der Waals surface area contributed by atoms with Crippen LogP contribution < -0.4 is 10.9 Å². The lowest BCUT2D eigenvalue weighted by Crippen LogP contribution is -2.11. The van der Waals surface area contributed by atoms with E-state index in [1.54, 1.807) is 0 Å². The van der Waals surface area contributed by atoms with Crippen molar-refractivity contribution >= 4 is 27.1 Å². The van der Waals surface area contributed by atoms with Gasteiger partial charge in [-0.3, -0.25) is 5.10 Å². The van der Waals surface area contributed by atoms with E-state index in [0.29, 0.717) is 0 Å². The summed E-state index contributed by atoms with van der Waals surface area (Å²) in [7, 11) is 0. The maximum atomic E-state index is 4.08. The summed E-state index contributed by atoms with van der Waals surface area (Å²) in [6.07, 6.45) is 3.80. The molecule has 0 radical (unpaired) electrons. The van der Waals surface area contributed by atoms with Crippen LogP contribution >= 0.6 is 11.3 Å². The summed E-state index contributed by atoms with van der Waals surface area (Å²) < 4.78 is 1.32. The molecular weight excluding hydrogens is 304 g/mol. The highest BCUT2D eigenvalue weighted by Gasteiger charge is 2.19. The molecule has 0 aliphatic carbocycles. The number of nitrogens with zero attached hydrogens (tertiary/aromatic N) is 1. The fourth-order valence-electron chi connectivity index (χ4n) is 3.10. The van der Waals surface area contributed by atoms with E-state index in [1.165, 1.54) is 37.3 Å². The summed E-state index contributed by atoms with van der Waals surface area (Å²) in [6, 6.07) is 15.3. The summed E-state index contributed by atoms with van der Waals surface area (Å²) in [5.41, 5.74) is 12.6. The van der Waals surface area contributed by atoms with E-state index in [1.807, 2.05) is 23.7 Å². The van der Waals surface area contributed by atoms with Gasteiger partial charge in [-0.25, -0.2) is 5.43 Å². The molecule has 1 aliphatic rings. The summed E-state index contributed by atoms with van der Waals surface area (Å²) in [5, 5.41) is 8.27. The average molecular weight is 318 g/mol. The standard InChI is InChI=1S/C18H14N4S/c1-2-4-16-11(3-1)7-17(23-16)15-6-12(14-9-19-20-10-14)5-13-8-21-22-18(13)15/h1-7,9-10,21-22H,8H2,(H,19,20). The first kappa shape index (κ1) is 12.9. The Morgan fingerprint density at radius 2 is 2.00 bits per heavy atom. The van der Waals surface area contributed by atoms with Crippen molar-refractivity contribution in [1.29, 1.82) is 0 Å². The van der Waals surface area contributed by atoms with Gasteiger partial charge in [0.15, 0.2) is 0 Å². The maximum absolute atomic E-state index is 4.08. The van der Waals surface area contributed by atoms with Crippen LogP contribution in [0.15, 0.2) is 54.9 Å². The Kier molecular flexibility index (Phi) is 2.76. The van der Waals surface area contributed by atoms with Crippen LogP contribution in [-0.4, -0.2) is 10.2 Å². The molecule has 0 bridgehead atoms. The second-order valence-corrected chi connectivity index (χ2v) is 6.76. The van der Waals surface area contributed by atoms with Crippen molar-refractivity contribution in [2.75, 3.05) is 5.43 Å². The van der Waals surface area contributed by atoms with Gasteiger partial charge in [-0.1, -0.05) is 18.2 Å². The Morgan fingerprint density at radius 3 is 2.87 bits per heavy atom. The summed E-state index contributed by atoms with van der Waals surface area (Å²) in [5.74, 6) is 0. The number of aromatic nitrogens is 2. The minimum Gasteiger partial charge on any atom is -0.320 e. The van der Waals surface area contributed by atoms with Gasteiger partial charge in [0.25, 0.3) is 0 Å². The Morgan fingerprint density at radius 1 is 1.04 bits per heavy atom. The number of hydrazine groups is 1. The Labute approximate surface area is 137 Å². The minimum atomic E-state index is 0.832. The van der Waals surface area contributed by atoms with Gasteiger partial charge in [-0.2, -0.15) is 5.10 Å². The molecule has 4 nitrogen and oxygen atoms in total. The molecule has 0 atom stereocenters. The van der Waals surface area contributed by atoms with Crippen molar-refractivity contribution in [3.05, 3.63) is 60.4 Å².